The van der Waals surface area contributed by atoms with Crippen molar-refractivity contribution in [1.29, 1.82) is 0 Å². The highest BCUT2D eigenvalue weighted by Gasteiger charge is 2.22. The van der Waals surface area contributed by atoms with Crippen LogP contribution in [0.2, 0.25) is 0 Å². The maximum atomic E-state index is 11.9. The number of aromatic nitrogens is 2. The Hall–Kier alpha value is -1.17. The summed E-state index contributed by atoms with van der Waals surface area (Å²) >= 11 is 1.32. The van der Waals surface area contributed by atoms with Gasteiger partial charge >= 0.3 is 0 Å². The van der Waals surface area contributed by atoms with Gasteiger partial charge in [0.2, 0.25) is 10.1 Å². The summed E-state index contributed by atoms with van der Waals surface area (Å²) in [5, 5.41) is 15.2. The molecular formula is C13H22N4OS. The summed E-state index contributed by atoms with van der Waals surface area (Å²) < 4.78 is 0. The highest BCUT2D eigenvalue weighted by atomic mass is 32.1. The highest BCUT2D eigenvalue weighted by molar-refractivity contribution is 7.17. The molecule has 0 bridgehead atoms. The molecule has 0 aromatic carbocycles. The zero-order valence-corrected chi connectivity index (χ0v) is 12.4. The van der Waals surface area contributed by atoms with E-state index in [2.05, 4.69) is 34.7 Å². The molecule has 106 valence electrons. The number of nitrogens with zero attached hydrogens (tertiary/aromatic N) is 2. The van der Waals surface area contributed by atoms with Crippen molar-refractivity contribution in [2.75, 3.05) is 18.4 Å². The summed E-state index contributed by atoms with van der Waals surface area (Å²) in [7, 11) is 0. The van der Waals surface area contributed by atoms with Crippen molar-refractivity contribution in [3.8, 4) is 0 Å². The lowest BCUT2D eigenvalue weighted by atomic mass is 10.1. The molecule has 19 heavy (non-hydrogen) atoms. The monoisotopic (exact) mass is 282 g/mol. The quantitative estimate of drug-likeness (QED) is 0.841. The fourth-order valence-corrected chi connectivity index (χ4v) is 3.13. The third kappa shape index (κ3) is 4.16. The standard InChI is InChI=1S/C13H22N4OS/c1-3-6-14-13-17-16-12(19-13)11(18)15-8-10-5-4-9(2)7-10/h9-10H,3-8H2,1-2H3,(H,14,17)(H,15,18). The number of rotatable bonds is 6. The van der Waals surface area contributed by atoms with Gasteiger partial charge in [-0.3, -0.25) is 4.79 Å². The minimum Gasteiger partial charge on any atom is -0.360 e. The summed E-state index contributed by atoms with van der Waals surface area (Å²) in [5.41, 5.74) is 0. The van der Waals surface area contributed by atoms with Gasteiger partial charge in [0.25, 0.3) is 5.91 Å². The van der Waals surface area contributed by atoms with Crippen LogP contribution in [0, 0.1) is 11.8 Å². The van der Waals surface area contributed by atoms with Crippen molar-refractivity contribution < 1.29 is 4.79 Å². The van der Waals surface area contributed by atoms with Crippen LogP contribution in [-0.2, 0) is 0 Å². The van der Waals surface area contributed by atoms with Gasteiger partial charge in [0.15, 0.2) is 0 Å². The lowest BCUT2D eigenvalue weighted by molar-refractivity contribution is 0.0946. The first-order chi connectivity index (χ1) is 9.19. The Balaban J connectivity index is 1.77. The fourth-order valence-electron chi connectivity index (χ4n) is 2.44. The van der Waals surface area contributed by atoms with Crippen molar-refractivity contribution in [1.82, 2.24) is 15.5 Å². The second-order valence-electron chi connectivity index (χ2n) is 5.33. The van der Waals surface area contributed by atoms with E-state index in [0.29, 0.717) is 10.9 Å². The molecule has 1 amide bonds. The SMILES string of the molecule is CCCNc1nnc(C(=O)NCC2CCC(C)C2)s1. The first-order valence-corrected chi connectivity index (χ1v) is 7.86. The third-order valence-electron chi connectivity index (χ3n) is 3.50. The smallest absolute Gasteiger partial charge is 0.282 e. The average molecular weight is 282 g/mol. The molecular weight excluding hydrogens is 260 g/mol. The van der Waals surface area contributed by atoms with Crippen LogP contribution in [0.3, 0.4) is 0 Å². The van der Waals surface area contributed by atoms with Crippen molar-refractivity contribution >= 4 is 22.4 Å². The van der Waals surface area contributed by atoms with E-state index in [9.17, 15) is 4.79 Å². The Morgan fingerprint density at radius 2 is 2.26 bits per heavy atom. The predicted octanol–water partition coefficient (Wildman–Crippen LogP) is 2.53. The molecule has 1 fully saturated rings. The number of carbonyl (C=O) groups is 1. The summed E-state index contributed by atoms with van der Waals surface area (Å²) in [6.07, 6.45) is 4.76. The van der Waals surface area contributed by atoms with Crippen LogP contribution in [0.1, 0.15) is 49.3 Å². The van der Waals surface area contributed by atoms with Gasteiger partial charge in [-0.2, -0.15) is 0 Å². The van der Waals surface area contributed by atoms with Crippen molar-refractivity contribution in [2.45, 2.75) is 39.5 Å². The molecule has 2 N–H and O–H groups in total. The van der Waals surface area contributed by atoms with Gasteiger partial charge in [0.05, 0.1) is 0 Å². The van der Waals surface area contributed by atoms with E-state index in [1.54, 1.807) is 0 Å². The number of hydrogen-bond acceptors (Lipinski definition) is 5. The molecule has 0 aliphatic heterocycles. The van der Waals surface area contributed by atoms with Gasteiger partial charge in [-0.25, -0.2) is 0 Å². The van der Waals surface area contributed by atoms with Gasteiger partial charge < -0.3 is 10.6 Å². The third-order valence-corrected chi connectivity index (χ3v) is 4.38. The van der Waals surface area contributed by atoms with E-state index in [4.69, 9.17) is 0 Å². The molecule has 2 atom stereocenters. The largest absolute Gasteiger partial charge is 0.360 e. The molecule has 2 unspecified atom stereocenters. The average Bonchev–Trinajstić information content (AvgIpc) is 3.02. The van der Waals surface area contributed by atoms with E-state index < -0.39 is 0 Å². The van der Waals surface area contributed by atoms with Crippen LogP contribution in [-0.4, -0.2) is 29.2 Å². The number of anilines is 1. The van der Waals surface area contributed by atoms with Gasteiger partial charge in [-0.15, -0.1) is 10.2 Å². The molecule has 6 heteroatoms. The van der Waals surface area contributed by atoms with E-state index in [0.717, 1.165) is 30.6 Å². The lowest BCUT2D eigenvalue weighted by Gasteiger charge is -2.09. The Labute approximate surface area is 118 Å². The Kier molecular flexibility index (Phi) is 5.13. The molecule has 1 heterocycles. The molecule has 1 aromatic heterocycles. The normalized spacial score (nSPS) is 22.4. The highest BCUT2D eigenvalue weighted by Crippen LogP contribution is 2.29. The number of amides is 1. The number of hydrogen-bond donors (Lipinski definition) is 2. The zero-order chi connectivity index (χ0) is 13.7. The Morgan fingerprint density at radius 1 is 1.42 bits per heavy atom. The molecule has 1 aliphatic carbocycles. The zero-order valence-electron chi connectivity index (χ0n) is 11.6. The van der Waals surface area contributed by atoms with Crippen LogP contribution in [0.15, 0.2) is 0 Å². The minimum atomic E-state index is -0.0957. The molecule has 1 saturated carbocycles. The number of carbonyl (C=O) groups excluding carboxylic acids is 1. The Bertz CT molecular complexity index is 421. The van der Waals surface area contributed by atoms with Crippen LogP contribution in [0.25, 0.3) is 0 Å². The first kappa shape index (κ1) is 14.2. The van der Waals surface area contributed by atoms with E-state index in [-0.39, 0.29) is 5.91 Å². The van der Waals surface area contributed by atoms with Crippen molar-refractivity contribution in [3.63, 3.8) is 0 Å². The van der Waals surface area contributed by atoms with Crippen LogP contribution in [0.4, 0.5) is 5.13 Å². The molecule has 0 saturated heterocycles. The Morgan fingerprint density at radius 3 is 2.95 bits per heavy atom. The summed E-state index contributed by atoms with van der Waals surface area (Å²) in [6.45, 7) is 5.99. The van der Waals surface area contributed by atoms with Gasteiger partial charge in [0.1, 0.15) is 0 Å². The van der Waals surface area contributed by atoms with E-state index >= 15 is 0 Å². The molecule has 0 spiro atoms. The van der Waals surface area contributed by atoms with Crippen LogP contribution < -0.4 is 10.6 Å². The topological polar surface area (TPSA) is 66.9 Å². The molecule has 1 aliphatic rings. The molecule has 2 rings (SSSR count). The van der Waals surface area contributed by atoms with Crippen molar-refractivity contribution in [2.24, 2.45) is 11.8 Å². The molecule has 0 radical (unpaired) electrons. The van der Waals surface area contributed by atoms with Crippen molar-refractivity contribution in [3.05, 3.63) is 5.01 Å². The molecule has 1 aromatic rings. The maximum Gasteiger partial charge on any atom is 0.282 e. The fraction of sp³-hybridized carbons (Fsp3) is 0.769. The summed E-state index contributed by atoms with van der Waals surface area (Å²) in [4.78, 5) is 11.9. The predicted molar refractivity (Wildman–Crippen MR) is 77.5 cm³/mol. The van der Waals surface area contributed by atoms with Gasteiger partial charge in [-0.1, -0.05) is 31.6 Å². The van der Waals surface area contributed by atoms with Crippen LogP contribution in [0.5, 0.6) is 0 Å². The van der Waals surface area contributed by atoms with E-state index in [1.807, 2.05) is 0 Å². The van der Waals surface area contributed by atoms with Gasteiger partial charge in [0, 0.05) is 13.1 Å². The first-order valence-electron chi connectivity index (χ1n) is 7.04. The number of nitrogens with one attached hydrogen (secondary N) is 2. The second kappa shape index (κ2) is 6.84. The van der Waals surface area contributed by atoms with Gasteiger partial charge in [-0.05, 0) is 31.1 Å². The minimum absolute atomic E-state index is 0.0957. The van der Waals surface area contributed by atoms with E-state index in [1.165, 1.54) is 30.6 Å². The summed E-state index contributed by atoms with van der Waals surface area (Å²) in [6, 6.07) is 0. The second-order valence-corrected chi connectivity index (χ2v) is 6.31. The lowest BCUT2D eigenvalue weighted by Crippen LogP contribution is -2.28. The molecule has 5 nitrogen and oxygen atoms in total. The van der Waals surface area contributed by atoms with Crippen LogP contribution >= 0.6 is 11.3 Å². The summed E-state index contributed by atoms with van der Waals surface area (Å²) in [5.74, 6) is 1.33. The maximum absolute atomic E-state index is 11.9.